The van der Waals surface area contributed by atoms with E-state index >= 15 is 0 Å². The Morgan fingerprint density at radius 3 is 2.62 bits per heavy atom. The maximum absolute atomic E-state index is 12.3. The number of ether oxygens (including phenoxy) is 1. The highest BCUT2D eigenvalue weighted by molar-refractivity contribution is 5.90. The van der Waals surface area contributed by atoms with Gasteiger partial charge in [-0.2, -0.15) is 0 Å². The van der Waals surface area contributed by atoms with E-state index in [0.29, 0.717) is 5.69 Å². The Bertz CT molecular complexity index is 597. The number of allylic oxidation sites excluding steroid dienone is 4. The number of esters is 1. The first-order valence-electron chi connectivity index (χ1n) is 7.60. The number of carbonyl (C=O) groups excluding carboxylic acids is 1. The van der Waals surface area contributed by atoms with Crippen molar-refractivity contribution in [2.24, 2.45) is 0 Å². The van der Waals surface area contributed by atoms with Gasteiger partial charge in [-0.3, -0.25) is 0 Å². The first-order chi connectivity index (χ1) is 9.81. The van der Waals surface area contributed by atoms with Crippen molar-refractivity contribution in [3.8, 4) is 0 Å². The number of nitrogens with one attached hydrogen (secondary N) is 1. The molecule has 0 spiro atoms. The van der Waals surface area contributed by atoms with Crippen LogP contribution in [0.3, 0.4) is 0 Å². The molecule has 1 aromatic heterocycles. The molecule has 0 saturated heterocycles. The van der Waals surface area contributed by atoms with Gasteiger partial charge in [-0.05, 0) is 51.7 Å². The van der Waals surface area contributed by atoms with E-state index in [9.17, 15) is 4.79 Å². The molecule has 0 fully saturated rings. The Morgan fingerprint density at radius 2 is 2.10 bits per heavy atom. The number of aromatic nitrogens is 1. The van der Waals surface area contributed by atoms with E-state index in [0.717, 1.165) is 30.5 Å². The second-order valence-corrected chi connectivity index (χ2v) is 6.57. The summed E-state index contributed by atoms with van der Waals surface area (Å²) in [5.41, 5.74) is 4.91. The fourth-order valence-electron chi connectivity index (χ4n) is 2.71. The van der Waals surface area contributed by atoms with Crippen molar-refractivity contribution in [3.05, 3.63) is 46.3 Å². The summed E-state index contributed by atoms with van der Waals surface area (Å²) in [6.07, 6.45) is 9.20. The van der Waals surface area contributed by atoms with E-state index in [-0.39, 0.29) is 5.97 Å². The van der Waals surface area contributed by atoms with Crippen LogP contribution in [0.25, 0.3) is 0 Å². The third-order valence-corrected chi connectivity index (χ3v) is 3.68. The van der Waals surface area contributed by atoms with Crippen molar-refractivity contribution in [1.29, 1.82) is 0 Å². The number of aromatic amines is 1. The van der Waals surface area contributed by atoms with Gasteiger partial charge >= 0.3 is 5.97 Å². The average Bonchev–Trinajstić information content (AvgIpc) is 2.96. The van der Waals surface area contributed by atoms with Crippen molar-refractivity contribution >= 4 is 5.97 Å². The first-order valence-corrected chi connectivity index (χ1v) is 7.60. The predicted octanol–water partition coefficient (Wildman–Crippen LogP) is 4.27. The van der Waals surface area contributed by atoms with Crippen LogP contribution in [0, 0.1) is 6.92 Å². The van der Waals surface area contributed by atoms with E-state index < -0.39 is 5.60 Å². The summed E-state index contributed by atoms with van der Waals surface area (Å²) in [5.74, 6) is -0.264. The van der Waals surface area contributed by atoms with Gasteiger partial charge in [-0.15, -0.1) is 0 Å². The fourth-order valence-corrected chi connectivity index (χ4v) is 2.71. The highest BCUT2D eigenvalue weighted by atomic mass is 16.6. The highest BCUT2D eigenvalue weighted by Crippen LogP contribution is 2.25. The van der Waals surface area contributed by atoms with Gasteiger partial charge in [0, 0.05) is 12.1 Å². The molecule has 0 aromatic carbocycles. The minimum atomic E-state index is -0.473. The lowest BCUT2D eigenvalue weighted by Crippen LogP contribution is -2.24. The van der Waals surface area contributed by atoms with Crippen LogP contribution >= 0.6 is 0 Å². The molecule has 0 amide bonds. The molecule has 1 aromatic rings. The van der Waals surface area contributed by atoms with Crippen LogP contribution in [0.2, 0.25) is 0 Å². The van der Waals surface area contributed by atoms with E-state index in [2.05, 4.69) is 30.1 Å². The van der Waals surface area contributed by atoms with Gasteiger partial charge in [-0.25, -0.2) is 4.79 Å². The molecular formula is C18H25NO2. The van der Waals surface area contributed by atoms with Crippen molar-refractivity contribution < 1.29 is 9.53 Å². The lowest BCUT2D eigenvalue weighted by molar-refractivity contribution is 0.00626. The molecule has 3 heteroatoms. The zero-order valence-electron chi connectivity index (χ0n) is 13.7. The Kier molecular flexibility index (Phi) is 4.40. The monoisotopic (exact) mass is 287 g/mol. The summed E-state index contributed by atoms with van der Waals surface area (Å²) in [4.78, 5) is 15.6. The van der Waals surface area contributed by atoms with Gasteiger partial charge in [0.25, 0.3) is 0 Å². The molecule has 1 aliphatic rings. The summed E-state index contributed by atoms with van der Waals surface area (Å²) in [5, 5.41) is 0. The van der Waals surface area contributed by atoms with Crippen LogP contribution in [0.5, 0.6) is 0 Å². The van der Waals surface area contributed by atoms with Crippen LogP contribution in [-0.2, 0) is 17.6 Å². The van der Waals surface area contributed by atoms with Gasteiger partial charge in [0.2, 0.25) is 0 Å². The largest absolute Gasteiger partial charge is 0.455 e. The summed E-state index contributed by atoms with van der Waals surface area (Å²) in [6, 6.07) is 0. The van der Waals surface area contributed by atoms with Crippen LogP contribution in [-0.4, -0.2) is 16.6 Å². The smallest absolute Gasteiger partial charge is 0.355 e. The molecule has 0 unspecified atom stereocenters. The van der Waals surface area contributed by atoms with Gasteiger partial charge in [0.15, 0.2) is 0 Å². The third kappa shape index (κ3) is 3.66. The fraction of sp³-hybridized carbons (Fsp3) is 0.500. The lowest BCUT2D eigenvalue weighted by Gasteiger charge is -2.19. The number of carbonyl (C=O) groups is 1. The average molecular weight is 287 g/mol. The predicted molar refractivity (Wildman–Crippen MR) is 85.6 cm³/mol. The Balaban J connectivity index is 2.27. The summed E-state index contributed by atoms with van der Waals surface area (Å²) in [7, 11) is 0. The topological polar surface area (TPSA) is 42.1 Å². The van der Waals surface area contributed by atoms with E-state index in [4.69, 9.17) is 4.74 Å². The minimum Gasteiger partial charge on any atom is -0.455 e. The van der Waals surface area contributed by atoms with Gasteiger partial charge in [0.05, 0.1) is 0 Å². The number of rotatable bonds is 4. The molecule has 21 heavy (non-hydrogen) atoms. The molecule has 1 aliphatic carbocycles. The van der Waals surface area contributed by atoms with Crippen molar-refractivity contribution in [1.82, 2.24) is 4.98 Å². The van der Waals surface area contributed by atoms with Crippen LogP contribution < -0.4 is 0 Å². The molecule has 3 nitrogen and oxygen atoms in total. The molecule has 1 N–H and O–H groups in total. The summed E-state index contributed by atoms with van der Waals surface area (Å²) in [6.45, 7) is 9.79. The molecule has 0 saturated carbocycles. The molecule has 2 rings (SSSR count). The van der Waals surface area contributed by atoms with E-state index in [1.807, 2.05) is 27.7 Å². The molecule has 0 atom stereocenters. The SMILES string of the molecule is CCc1c(CC2=CC=CC2)[nH]c(C(=O)OC(C)(C)C)c1C. The maximum Gasteiger partial charge on any atom is 0.355 e. The summed E-state index contributed by atoms with van der Waals surface area (Å²) >= 11 is 0. The van der Waals surface area contributed by atoms with Crippen LogP contribution in [0.4, 0.5) is 0 Å². The number of H-pyrrole nitrogens is 1. The molecule has 1 heterocycles. The highest BCUT2D eigenvalue weighted by Gasteiger charge is 2.24. The second kappa shape index (κ2) is 5.92. The molecule has 0 aliphatic heterocycles. The van der Waals surface area contributed by atoms with Crippen LogP contribution in [0.1, 0.15) is 61.4 Å². The zero-order chi connectivity index (χ0) is 15.6. The second-order valence-electron chi connectivity index (χ2n) is 6.57. The zero-order valence-corrected chi connectivity index (χ0v) is 13.7. The first kappa shape index (κ1) is 15.6. The number of hydrogen-bond acceptors (Lipinski definition) is 2. The Morgan fingerprint density at radius 1 is 1.38 bits per heavy atom. The molecular weight excluding hydrogens is 262 g/mol. The standard InChI is InChI=1S/C18H25NO2/c1-6-14-12(2)16(17(20)21-18(3,4)5)19-15(14)11-13-9-7-8-10-13/h7-9,19H,6,10-11H2,1-5H3. The Hall–Kier alpha value is -1.77. The quantitative estimate of drug-likeness (QED) is 0.840. The van der Waals surface area contributed by atoms with Crippen molar-refractivity contribution in [2.45, 2.75) is 59.5 Å². The minimum absolute atomic E-state index is 0.264. The van der Waals surface area contributed by atoms with Crippen LogP contribution in [0.15, 0.2) is 23.8 Å². The maximum atomic E-state index is 12.3. The van der Waals surface area contributed by atoms with Gasteiger partial charge < -0.3 is 9.72 Å². The normalized spacial score (nSPS) is 14.4. The van der Waals surface area contributed by atoms with Crippen molar-refractivity contribution in [2.75, 3.05) is 0 Å². The van der Waals surface area contributed by atoms with Gasteiger partial charge in [0.1, 0.15) is 11.3 Å². The van der Waals surface area contributed by atoms with E-state index in [1.54, 1.807) is 0 Å². The summed E-state index contributed by atoms with van der Waals surface area (Å²) < 4.78 is 5.49. The molecule has 0 bridgehead atoms. The molecule has 0 radical (unpaired) electrons. The third-order valence-electron chi connectivity index (χ3n) is 3.68. The van der Waals surface area contributed by atoms with Gasteiger partial charge in [-0.1, -0.05) is 30.7 Å². The number of hydrogen-bond donors (Lipinski definition) is 1. The van der Waals surface area contributed by atoms with E-state index in [1.165, 1.54) is 11.1 Å². The van der Waals surface area contributed by atoms with Crippen molar-refractivity contribution in [3.63, 3.8) is 0 Å². The Labute approximate surface area is 127 Å². The molecule has 114 valence electrons. The lowest BCUT2D eigenvalue weighted by atomic mass is 10.0.